The maximum atomic E-state index is 12.4. The average molecular weight is 393 g/mol. The van der Waals surface area contributed by atoms with Crippen LogP contribution in [-0.2, 0) is 6.61 Å². The van der Waals surface area contributed by atoms with Crippen molar-refractivity contribution in [3.05, 3.63) is 81.8 Å². The number of ether oxygens (including phenoxy) is 2. The highest BCUT2D eigenvalue weighted by molar-refractivity contribution is 6.03. The second kappa shape index (κ2) is 8.58. The molecule has 1 amide bonds. The van der Waals surface area contributed by atoms with E-state index in [1.165, 1.54) is 18.2 Å². The molecule has 0 aliphatic carbocycles. The summed E-state index contributed by atoms with van der Waals surface area (Å²) in [5.41, 5.74) is -0.121. The topological polar surface area (TPSA) is 128 Å². The van der Waals surface area contributed by atoms with Crippen molar-refractivity contribution in [2.24, 2.45) is 0 Å². The second-order valence-electron chi connectivity index (χ2n) is 5.79. The van der Waals surface area contributed by atoms with Gasteiger partial charge in [0.25, 0.3) is 11.6 Å². The molecule has 0 bridgehead atoms. The highest BCUT2D eigenvalue weighted by Crippen LogP contribution is 2.23. The van der Waals surface area contributed by atoms with Crippen molar-refractivity contribution >= 4 is 17.3 Å². The Bertz CT molecular complexity index is 1100. The molecular weight excluding hydrogens is 378 g/mol. The van der Waals surface area contributed by atoms with E-state index in [-0.39, 0.29) is 29.3 Å². The molecule has 1 heterocycles. The fourth-order valence-electron chi connectivity index (χ4n) is 2.45. The van der Waals surface area contributed by atoms with Gasteiger partial charge in [0.05, 0.1) is 23.3 Å². The van der Waals surface area contributed by atoms with E-state index in [1.807, 2.05) is 6.07 Å². The number of hydrogen-bond acceptors (Lipinski definition) is 7. The van der Waals surface area contributed by atoms with Gasteiger partial charge in [-0.3, -0.25) is 14.9 Å². The fourth-order valence-corrected chi connectivity index (χ4v) is 2.45. The zero-order valence-electron chi connectivity index (χ0n) is 15.2. The van der Waals surface area contributed by atoms with E-state index in [9.17, 15) is 14.9 Å². The Labute approximate surface area is 165 Å². The number of nitro benzene ring substituents is 1. The Balaban J connectivity index is 1.66. The molecule has 146 valence electrons. The summed E-state index contributed by atoms with van der Waals surface area (Å²) in [5.74, 6) is 1.07. The first-order valence-electron chi connectivity index (χ1n) is 8.35. The first-order valence-corrected chi connectivity index (χ1v) is 8.35. The minimum atomic E-state index is -0.617. The van der Waals surface area contributed by atoms with Crippen LogP contribution in [0.25, 0.3) is 0 Å². The normalized spacial score (nSPS) is 10.1. The maximum Gasteiger partial charge on any atom is 0.291 e. The monoisotopic (exact) mass is 393 g/mol. The van der Waals surface area contributed by atoms with E-state index >= 15 is 0 Å². The van der Waals surface area contributed by atoms with Crippen LogP contribution in [0.2, 0.25) is 0 Å². The summed E-state index contributed by atoms with van der Waals surface area (Å²) in [6, 6.07) is 15.5. The molecule has 0 saturated carbocycles. The first-order chi connectivity index (χ1) is 14.0. The minimum Gasteiger partial charge on any atom is -0.497 e. The van der Waals surface area contributed by atoms with Gasteiger partial charge in [-0.15, -0.1) is 0 Å². The maximum absolute atomic E-state index is 12.4. The minimum absolute atomic E-state index is 0.0106. The van der Waals surface area contributed by atoms with Crippen molar-refractivity contribution in [3.8, 4) is 17.6 Å². The van der Waals surface area contributed by atoms with Crippen LogP contribution in [0.5, 0.6) is 11.5 Å². The second-order valence-corrected chi connectivity index (χ2v) is 5.79. The summed E-state index contributed by atoms with van der Waals surface area (Å²) >= 11 is 0. The Morgan fingerprint density at radius 3 is 2.72 bits per heavy atom. The van der Waals surface area contributed by atoms with E-state index in [1.54, 1.807) is 37.4 Å². The van der Waals surface area contributed by atoms with Gasteiger partial charge in [0.2, 0.25) is 0 Å². The van der Waals surface area contributed by atoms with Gasteiger partial charge in [0.1, 0.15) is 29.9 Å². The molecule has 0 aliphatic rings. The van der Waals surface area contributed by atoms with Crippen LogP contribution in [0.3, 0.4) is 0 Å². The molecule has 1 aromatic heterocycles. The third-order valence-corrected chi connectivity index (χ3v) is 3.89. The third kappa shape index (κ3) is 4.70. The van der Waals surface area contributed by atoms with Gasteiger partial charge in [-0.25, -0.2) is 0 Å². The molecule has 0 aliphatic heterocycles. The molecule has 9 nitrogen and oxygen atoms in total. The Morgan fingerprint density at radius 2 is 2.00 bits per heavy atom. The van der Waals surface area contributed by atoms with Crippen LogP contribution in [0.4, 0.5) is 11.4 Å². The van der Waals surface area contributed by atoms with Crippen LogP contribution < -0.4 is 14.8 Å². The summed E-state index contributed by atoms with van der Waals surface area (Å²) < 4.78 is 16.2. The number of hydrogen-bond donors (Lipinski definition) is 1. The highest BCUT2D eigenvalue weighted by Gasteiger charge is 2.16. The van der Waals surface area contributed by atoms with Crippen molar-refractivity contribution in [3.63, 3.8) is 0 Å². The SMILES string of the molecule is COc1cccc(OCc2ccc(C(=O)Nc3ccc([N+](=O)[O-])cc3C#N)o2)c1. The Morgan fingerprint density at radius 1 is 1.21 bits per heavy atom. The molecule has 2 aromatic carbocycles. The molecule has 0 unspecified atom stereocenters. The summed E-state index contributed by atoms with van der Waals surface area (Å²) in [6.45, 7) is 0.0986. The number of carbonyl (C=O) groups excluding carboxylic acids is 1. The number of benzene rings is 2. The van der Waals surface area contributed by atoms with Gasteiger partial charge in [-0.05, 0) is 30.3 Å². The number of nitro groups is 1. The number of carbonyl (C=O) groups is 1. The summed E-state index contributed by atoms with van der Waals surface area (Å²) in [4.78, 5) is 22.6. The number of rotatable bonds is 7. The fraction of sp³-hybridized carbons (Fsp3) is 0.100. The quantitative estimate of drug-likeness (QED) is 0.476. The van der Waals surface area contributed by atoms with Gasteiger partial charge in [0.15, 0.2) is 5.76 Å². The lowest BCUT2D eigenvalue weighted by Crippen LogP contribution is -2.12. The molecular formula is C20H15N3O6. The third-order valence-electron chi connectivity index (χ3n) is 3.89. The van der Waals surface area contributed by atoms with E-state index in [4.69, 9.17) is 19.2 Å². The van der Waals surface area contributed by atoms with E-state index in [0.717, 1.165) is 6.07 Å². The molecule has 0 atom stereocenters. The van der Waals surface area contributed by atoms with E-state index < -0.39 is 10.8 Å². The number of non-ortho nitro benzene ring substituents is 1. The standard InChI is InChI=1S/C20H15N3O6/c1-27-15-3-2-4-16(10-15)28-12-17-6-8-19(29-17)20(24)22-18-7-5-14(23(25)26)9-13(18)11-21/h2-10H,12H2,1H3,(H,22,24). The van der Waals surface area contributed by atoms with E-state index in [2.05, 4.69) is 5.32 Å². The lowest BCUT2D eigenvalue weighted by atomic mass is 10.1. The van der Waals surface area contributed by atoms with Gasteiger partial charge in [-0.1, -0.05) is 6.07 Å². The molecule has 0 saturated heterocycles. The van der Waals surface area contributed by atoms with Crippen LogP contribution in [0.15, 0.2) is 59.0 Å². The number of amides is 1. The van der Waals surface area contributed by atoms with Crippen LogP contribution in [-0.4, -0.2) is 17.9 Å². The molecule has 9 heteroatoms. The van der Waals surface area contributed by atoms with Crippen molar-refractivity contribution in [2.45, 2.75) is 6.61 Å². The van der Waals surface area contributed by atoms with Crippen molar-refractivity contribution in [2.75, 3.05) is 12.4 Å². The molecule has 0 radical (unpaired) electrons. The number of furan rings is 1. The number of nitrogens with zero attached hydrogens (tertiary/aromatic N) is 2. The zero-order valence-corrected chi connectivity index (χ0v) is 15.2. The largest absolute Gasteiger partial charge is 0.497 e. The van der Waals surface area contributed by atoms with Crippen LogP contribution in [0.1, 0.15) is 21.9 Å². The summed E-state index contributed by atoms with van der Waals surface area (Å²) in [7, 11) is 1.55. The molecule has 29 heavy (non-hydrogen) atoms. The molecule has 3 aromatic rings. The van der Waals surface area contributed by atoms with Crippen LogP contribution >= 0.6 is 0 Å². The first kappa shape index (κ1) is 19.4. The molecule has 3 rings (SSSR count). The molecule has 0 spiro atoms. The Kier molecular flexibility index (Phi) is 5.75. The summed E-state index contributed by atoms with van der Waals surface area (Å²) in [5, 5.41) is 22.5. The van der Waals surface area contributed by atoms with Gasteiger partial charge < -0.3 is 19.2 Å². The van der Waals surface area contributed by atoms with Gasteiger partial charge in [-0.2, -0.15) is 5.26 Å². The van der Waals surface area contributed by atoms with Crippen LogP contribution in [0, 0.1) is 21.4 Å². The van der Waals surface area contributed by atoms with E-state index in [0.29, 0.717) is 17.3 Å². The average Bonchev–Trinajstić information content (AvgIpc) is 3.21. The number of anilines is 1. The lowest BCUT2D eigenvalue weighted by Gasteiger charge is -2.06. The Hall–Kier alpha value is -4.32. The predicted molar refractivity (Wildman–Crippen MR) is 102 cm³/mol. The zero-order chi connectivity index (χ0) is 20.8. The highest BCUT2D eigenvalue weighted by atomic mass is 16.6. The predicted octanol–water partition coefficient (Wildman–Crippen LogP) is 3.90. The smallest absolute Gasteiger partial charge is 0.291 e. The van der Waals surface area contributed by atoms with Gasteiger partial charge >= 0.3 is 0 Å². The van der Waals surface area contributed by atoms with Crippen molar-refractivity contribution < 1.29 is 23.6 Å². The van der Waals surface area contributed by atoms with Gasteiger partial charge in [0, 0.05) is 18.2 Å². The summed E-state index contributed by atoms with van der Waals surface area (Å²) in [6.07, 6.45) is 0. The lowest BCUT2D eigenvalue weighted by molar-refractivity contribution is -0.384. The number of nitriles is 1. The van der Waals surface area contributed by atoms with Crippen molar-refractivity contribution in [1.29, 1.82) is 5.26 Å². The molecule has 0 fully saturated rings. The number of nitrogens with one attached hydrogen (secondary N) is 1. The molecule has 1 N–H and O–H groups in total. The number of methoxy groups -OCH3 is 1. The van der Waals surface area contributed by atoms with Crippen molar-refractivity contribution in [1.82, 2.24) is 0 Å².